The predicted molar refractivity (Wildman–Crippen MR) is 52.1 cm³/mol. The predicted octanol–water partition coefficient (Wildman–Crippen LogP) is 2.42. The van der Waals surface area contributed by atoms with E-state index in [1.165, 1.54) is 0 Å². The molecule has 1 aromatic heterocycles. The van der Waals surface area contributed by atoms with E-state index in [0.29, 0.717) is 0 Å². The van der Waals surface area contributed by atoms with Gasteiger partial charge in [-0.15, -0.1) is 0 Å². The Bertz CT molecular complexity index is 240. The van der Waals surface area contributed by atoms with Crippen LogP contribution < -0.4 is 0 Å². The third kappa shape index (κ3) is 3.32. The summed E-state index contributed by atoms with van der Waals surface area (Å²) in [7, 11) is 1.72. The summed E-state index contributed by atoms with van der Waals surface area (Å²) in [6.07, 6.45) is 3.82. The summed E-state index contributed by atoms with van der Waals surface area (Å²) in [5.74, 6) is 0. The van der Waals surface area contributed by atoms with Crippen molar-refractivity contribution in [3.63, 3.8) is 0 Å². The van der Waals surface area contributed by atoms with Crippen molar-refractivity contribution in [2.24, 2.45) is 0 Å². The van der Waals surface area contributed by atoms with E-state index in [9.17, 15) is 0 Å². The first kappa shape index (κ1) is 9.68. The maximum absolute atomic E-state index is 4.95. The number of halogens is 1. The number of hydrogen-bond acceptors (Lipinski definition) is 2. The molecule has 0 spiro atoms. The maximum atomic E-state index is 4.95. The van der Waals surface area contributed by atoms with Crippen molar-refractivity contribution in [1.82, 2.24) is 4.98 Å². The normalized spacial score (nSPS) is 10.2. The van der Waals surface area contributed by atoms with E-state index in [1.807, 2.05) is 18.3 Å². The van der Waals surface area contributed by atoms with Gasteiger partial charge in [-0.3, -0.25) is 4.98 Å². The number of ether oxygens (including phenoxy) is 1. The second-order valence-corrected chi connectivity index (χ2v) is 3.48. The van der Waals surface area contributed by atoms with Crippen LogP contribution in [0.3, 0.4) is 0 Å². The van der Waals surface area contributed by atoms with Crippen LogP contribution in [0.4, 0.5) is 0 Å². The average Bonchev–Trinajstić information content (AvgIpc) is 2.05. The van der Waals surface area contributed by atoms with Gasteiger partial charge in [0.05, 0.1) is 0 Å². The van der Waals surface area contributed by atoms with E-state index in [4.69, 9.17) is 4.74 Å². The van der Waals surface area contributed by atoms with Crippen LogP contribution in [0.1, 0.15) is 12.1 Å². The highest BCUT2D eigenvalue weighted by Crippen LogP contribution is 2.10. The molecule has 1 heterocycles. The van der Waals surface area contributed by atoms with Gasteiger partial charge in [-0.25, -0.2) is 0 Å². The van der Waals surface area contributed by atoms with Crippen LogP contribution in [0, 0.1) is 0 Å². The van der Waals surface area contributed by atoms with Crippen molar-refractivity contribution in [2.45, 2.75) is 12.8 Å². The molecule has 0 unspecified atom stereocenters. The van der Waals surface area contributed by atoms with E-state index in [2.05, 4.69) is 20.9 Å². The first-order chi connectivity index (χ1) is 5.83. The molecule has 1 rings (SSSR count). The van der Waals surface area contributed by atoms with E-state index < -0.39 is 0 Å². The van der Waals surface area contributed by atoms with Crippen LogP contribution in [-0.2, 0) is 11.2 Å². The summed E-state index contributed by atoms with van der Waals surface area (Å²) in [5, 5.41) is 0. The zero-order valence-electron chi connectivity index (χ0n) is 7.09. The molecule has 1 aromatic rings. The SMILES string of the molecule is COCCCc1cc(Br)ccn1. The Balaban J connectivity index is 2.41. The third-order valence-corrected chi connectivity index (χ3v) is 2.05. The van der Waals surface area contributed by atoms with Crippen molar-refractivity contribution in [1.29, 1.82) is 0 Å². The molecule has 0 amide bonds. The molecular weight excluding hydrogens is 218 g/mol. The number of hydrogen-bond donors (Lipinski definition) is 0. The lowest BCUT2D eigenvalue weighted by Gasteiger charge is -1.99. The molecule has 0 bridgehead atoms. The fraction of sp³-hybridized carbons (Fsp3) is 0.444. The average molecular weight is 230 g/mol. The summed E-state index contributed by atoms with van der Waals surface area (Å²) in [6.45, 7) is 0.800. The number of pyridine rings is 1. The highest BCUT2D eigenvalue weighted by Gasteiger charge is 1.94. The first-order valence-corrected chi connectivity index (χ1v) is 4.71. The first-order valence-electron chi connectivity index (χ1n) is 3.92. The standard InChI is InChI=1S/C9H12BrNO/c1-12-6-2-3-9-7-8(10)4-5-11-9/h4-5,7H,2-3,6H2,1H3. The van der Waals surface area contributed by atoms with Crippen LogP contribution >= 0.6 is 15.9 Å². The molecule has 0 aromatic carbocycles. The highest BCUT2D eigenvalue weighted by atomic mass is 79.9. The maximum Gasteiger partial charge on any atom is 0.0466 e. The number of nitrogens with zero attached hydrogens (tertiary/aromatic N) is 1. The topological polar surface area (TPSA) is 22.1 Å². The Morgan fingerprint density at radius 3 is 3.08 bits per heavy atom. The van der Waals surface area contributed by atoms with Crippen LogP contribution in [-0.4, -0.2) is 18.7 Å². The van der Waals surface area contributed by atoms with Gasteiger partial charge >= 0.3 is 0 Å². The summed E-state index contributed by atoms with van der Waals surface area (Å²) in [6, 6.07) is 3.97. The number of rotatable bonds is 4. The van der Waals surface area contributed by atoms with E-state index in [1.54, 1.807) is 7.11 Å². The molecular formula is C9H12BrNO. The fourth-order valence-corrected chi connectivity index (χ4v) is 1.37. The zero-order valence-corrected chi connectivity index (χ0v) is 8.67. The van der Waals surface area contributed by atoms with E-state index in [-0.39, 0.29) is 0 Å². The fourth-order valence-electron chi connectivity index (χ4n) is 0.983. The Labute approximate surface area is 81.1 Å². The molecule has 0 aliphatic carbocycles. The van der Waals surface area contributed by atoms with Gasteiger partial charge in [-0.05, 0) is 25.0 Å². The van der Waals surface area contributed by atoms with Gasteiger partial charge in [0.2, 0.25) is 0 Å². The second-order valence-electron chi connectivity index (χ2n) is 2.56. The van der Waals surface area contributed by atoms with E-state index >= 15 is 0 Å². The van der Waals surface area contributed by atoms with Crippen molar-refractivity contribution < 1.29 is 4.74 Å². The van der Waals surface area contributed by atoms with Gasteiger partial charge in [0, 0.05) is 30.1 Å². The zero-order chi connectivity index (χ0) is 8.81. The minimum Gasteiger partial charge on any atom is -0.385 e. The van der Waals surface area contributed by atoms with Gasteiger partial charge in [0.15, 0.2) is 0 Å². The van der Waals surface area contributed by atoms with Crippen molar-refractivity contribution >= 4 is 15.9 Å². The summed E-state index contributed by atoms with van der Waals surface area (Å²) in [4.78, 5) is 4.23. The third-order valence-electron chi connectivity index (χ3n) is 1.56. The molecule has 66 valence electrons. The Morgan fingerprint density at radius 1 is 1.58 bits per heavy atom. The molecule has 2 nitrogen and oxygen atoms in total. The number of aryl methyl sites for hydroxylation is 1. The lowest BCUT2D eigenvalue weighted by Crippen LogP contribution is -1.94. The molecule has 3 heteroatoms. The summed E-state index contributed by atoms with van der Waals surface area (Å²) >= 11 is 3.40. The Hall–Kier alpha value is -0.410. The van der Waals surface area contributed by atoms with Gasteiger partial charge in [-0.2, -0.15) is 0 Å². The molecule has 0 aliphatic heterocycles. The lowest BCUT2D eigenvalue weighted by molar-refractivity contribution is 0.195. The van der Waals surface area contributed by atoms with Crippen LogP contribution in [0.5, 0.6) is 0 Å². The van der Waals surface area contributed by atoms with E-state index in [0.717, 1.165) is 29.6 Å². The van der Waals surface area contributed by atoms with Crippen molar-refractivity contribution in [3.8, 4) is 0 Å². The summed E-state index contributed by atoms with van der Waals surface area (Å²) in [5.41, 5.74) is 1.11. The number of methoxy groups -OCH3 is 1. The minimum absolute atomic E-state index is 0.800. The van der Waals surface area contributed by atoms with Gasteiger partial charge < -0.3 is 4.74 Å². The number of aromatic nitrogens is 1. The van der Waals surface area contributed by atoms with Crippen LogP contribution in [0.25, 0.3) is 0 Å². The Morgan fingerprint density at radius 2 is 2.42 bits per heavy atom. The van der Waals surface area contributed by atoms with Crippen molar-refractivity contribution in [3.05, 3.63) is 28.5 Å². The molecule has 0 N–H and O–H groups in total. The molecule has 0 saturated heterocycles. The largest absolute Gasteiger partial charge is 0.385 e. The smallest absolute Gasteiger partial charge is 0.0466 e. The van der Waals surface area contributed by atoms with Crippen molar-refractivity contribution in [2.75, 3.05) is 13.7 Å². The molecule has 0 atom stereocenters. The van der Waals surface area contributed by atoms with Crippen LogP contribution in [0.15, 0.2) is 22.8 Å². The monoisotopic (exact) mass is 229 g/mol. The molecule has 0 saturated carbocycles. The second kappa shape index (κ2) is 5.27. The molecule has 12 heavy (non-hydrogen) atoms. The molecule has 0 fully saturated rings. The molecule has 0 aliphatic rings. The Kier molecular flexibility index (Phi) is 4.25. The van der Waals surface area contributed by atoms with Gasteiger partial charge in [0.25, 0.3) is 0 Å². The lowest BCUT2D eigenvalue weighted by atomic mass is 10.2. The van der Waals surface area contributed by atoms with Gasteiger partial charge in [0.1, 0.15) is 0 Å². The minimum atomic E-state index is 0.800. The summed E-state index contributed by atoms with van der Waals surface area (Å²) < 4.78 is 6.04. The van der Waals surface area contributed by atoms with Crippen LogP contribution in [0.2, 0.25) is 0 Å². The van der Waals surface area contributed by atoms with Gasteiger partial charge in [-0.1, -0.05) is 15.9 Å². The highest BCUT2D eigenvalue weighted by molar-refractivity contribution is 9.10. The quantitative estimate of drug-likeness (QED) is 0.741. The molecule has 0 radical (unpaired) electrons.